The molecule has 0 bridgehead atoms. The molecule has 0 saturated heterocycles. The van der Waals surface area contributed by atoms with E-state index in [-0.39, 0.29) is 0 Å². The topological polar surface area (TPSA) is 21.3 Å². The van der Waals surface area contributed by atoms with Crippen LogP contribution in [0, 0.1) is 12.8 Å². The molecule has 1 aromatic rings. The molecule has 0 unspecified atom stereocenters. The van der Waals surface area contributed by atoms with Gasteiger partial charge in [0.2, 0.25) is 0 Å². The standard InChI is InChI=1S/C12H18O.C7H13N/c1-9(2)7-11-8-12(13-4)6-5-10(11)3;1-4-6-8-7(3)5-2/h5-6,8-9H,7H2,1-4H3;4,6,8H,3,5H2,1-2H3/b;6-4-. The molecule has 0 amide bonds. The fraction of sp³-hybridized carbons (Fsp3) is 0.474. The summed E-state index contributed by atoms with van der Waals surface area (Å²) in [6, 6.07) is 6.27. The summed E-state index contributed by atoms with van der Waals surface area (Å²) in [6.07, 6.45) is 5.94. The van der Waals surface area contributed by atoms with Crippen molar-refractivity contribution in [2.24, 2.45) is 5.92 Å². The second-order valence-electron chi connectivity index (χ2n) is 5.49. The first-order valence-corrected chi connectivity index (χ1v) is 7.63. The second-order valence-corrected chi connectivity index (χ2v) is 5.49. The molecule has 2 nitrogen and oxygen atoms in total. The Labute approximate surface area is 130 Å². The number of rotatable bonds is 6. The van der Waals surface area contributed by atoms with Crippen LogP contribution in [0.3, 0.4) is 0 Å². The Morgan fingerprint density at radius 3 is 2.52 bits per heavy atom. The normalized spacial score (nSPS) is 10.2. The number of hydrogen-bond acceptors (Lipinski definition) is 2. The van der Waals surface area contributed by atoms with Crippen LogP contribution in [0.1, 0.15) is 45.2 Å². The number of nitrogens with one attached hydrogen (secondary N) is 1. The highest BCUT2D eigenvalue weighted by Crippen LogP contribution is 2.19. The van der Waals surface area contributed by atoms with Gasteiger partial charge in [-0.2, -0.15) is 0 Å². The summed E-state index contributed by atoms with van der Waals surface area (Å²) >= 11 is 0. The lowest BCUT2D eigenvalue weighted by atomic mass is 9.98. The van der Waals surface area contributed by atoms with Crippen molar-refractivity contribution in [3.63, 3.8) is 0 Å². The number of aryl methyl sites for hydroxylation is 1. The molecule has 0 aromatic heterocycles. The summed E-state index contributed by atoms with van der Waals surface area (Å²) in [6.45, 7) is 14.4. The maximum absolute atomic E-state index is 5.19. The van der Waals surface area contributed by atoms with E-state index in [0.29, 0.717) is 5.92 Å². The predicted octanol–water partition coefficient (Wildman–Crippen LogP) is 5.24. The van der Waals surface area contributed by atoms with Gasteiger partial charge < -0.3 is 10.1 Å². The molecule has 1 N–H and O–H groups in total. The average Bonchev–Trinajstić information content (AvgIpc) is 2.47. The molecular weight excluding hydrogens is 258 g/mol. The molecule has 0 heterocycles. The highest BCUT2D eigenvalue weighted by molar-refractivity contribution is 5.35. The smallest absolute Gasteiger partial charge is 0.119 e. The van der Waals surface area contributed by atoms with Crippen molar-refractivity contribution >= 4 is 0 Å². The van der Waals surface area contributed by atoms with Crippen LogP contribution < -0.4 is 10.1 Å². The van der Waals surface area contributed by atoms with E-state index in [4.69, 9.17) is 4.74 Å². The van der Waals surface area contributed by atoms with Crippen LogP contribution in [0.2, 0.25) is 0 Å². The Hall–Kier alpha value is -1.70. The SMILES string of the molecule is C=C(CC)N/C=C\C.COc1ccc(C)c(CC(C)C)c1. The maximum Gasteiger partial charge on any atom is 0.119 e. The van der Waals surface area contributed by atoms with Crippen molar-refractivity contribution in [1.29, 1.82) is 0 Å². The van der Waals surface area contributed by atoms with Gasteiger partial charge in [0.25, 0.3) is 0 Å². The zero-order chi connectivity index (χ0) is 16.3. The number of ether oxygens (including phenoxy) is 1. The van der Waals surface area contributed by atoms with E-state index in [0.717, 1.165) is 24.3 Å². The van der Waals surface area contributed by atoms with Crippen LogP contribution in [0.4, 0.5) is 0 Å². The van der Waals surface area contributed by atoms with E-state index in [1.807, 2.05) is 25.3 Å². The molecule has 0 atom stereocenters. The highest BCUT2D eigenvalue weighted by atomic mass is 16.5. The van der Waals surface area contributed by atoms with Gasteiger partial charge in [0, 0.05) is 5.70 Å². The lowest BCUT2D eigenvalue weighted by molar-refractivity contribution is 0.414. The average molecular weight is 289 g/mol. The first kappa shape index (κ1) is 19.3. The summed E-state index contributed by atoms with van der Waals surface area (Å²) in [5, 5.41) is 3.01. The van der Waals surface area contributed by atoms with Crippen LogP contribution in [0.15, 0.2) is 42.8 Å². The van der Waals surface area contributed by atoms with Crippen molar-refractivity contribution in [3.8, 4) is 5.75 Å². The van der Waals surface area contributed by atoms with Crippen molar-refractivity contribution in [1.82, 2.24) is 5.32 Å². The van der Waals surface area contributed by atoms with Crippen LogP contribution in [-0.2, 0) is 6.42 Å². The monoisotopic (exact) mass is 289 g/mol. The van der Waals surface area contributed by atoms with E-state index in [1.54, 1.807) is 7.11 Å². The van der Waals surface area contributed by atoms with Crippen LogP contribution in [-0.4, -0.2) is 7.11 Å². The first-order valence-electron chi connectivity index (χ1n) is 7.63. The minimum atomic E-state index is 0.700. The van der Waals surface area contributed by atoms with E-state index in [1.165, 1.54) is 11.1 Å². The van der Waals surface area contributed by atoms with Crippen molar-refractivity contribution < 1.29 is 4.74 Å². The third-order valence-electron chi connectivity index (χ3n) is 3.07. The van der Waals surface area contributed by atoms with E-state index >= 15 is 0 Å². The van der Waals surface area contributed by atoms with E-state index in [9.17, 15) is 0 Å². The number of benzene rings is 1. The molecule has 0 aliphatic rings. The van der Waals surface area contributed by atoms with E-state index < -0.39 is 0 Å². The molecular formula is C19H31NO. The Morgan fingerprint density at radius 2 is 2.05 bits per heavy atom. The molecule has 0 fully saturated rings. The van der Waals surface area contributed by atoms with Gasteiger partial charge >= 0.3 is 0 Å². The Morgan fingerprint density at radius 1 is 1.38 bits per heavy atom. The second kappa shape index (κ2) is 11.0. The van der Waals surface area contributed by atoms with Crippen LogP contribution >= 0.6 is 0 Å². The fourth-order valence-corrected chi connectivity index (χ4v) is 1.74. The number of methoxy groups -OCH3 is 1. The van der Waals surface area contributed by atoms with Gasteiger partial charge in [-0.05, 0) is 62.1 Å². The summed E-state index contributed by atoms with van der Waals surface area (Å²) in [4.78, 5) is 0. The molecule has 0 radical (unpaired) electrons. The maximum atomic E-state index is 5.19. The number of allylic oxidation sites excluding steroid dienone is 2. The van der Waals surface area contributed by atoms with Crippen LogP contribution in [0.25, 0.3) is 0 Å². The Kier molecular flexibility index (Phi) is 10.1. The van der Waals surface area contributed by atoms with Gasteiger partial charge in [0.15, 0.2) is 0 Å². The summed E-state index contributed by atoms with van der Waals surface area (Å²) in [5.41, 5.74) is 3.81. The quantitative estimate of drug-likeness (QED) is 0.773. The molecule has 21 heavy (non-hydrogen) atoms. The first-order chi connectivity index (χ1) is 9.94. The van der Waals surface area contributed by atoms with Gasteiger partial charge in [-0.1, -0.05) is 39.5 Å². The molecule has 2 heteroatoms. The van der Waals surface area contributed by atoms with Gasteiger partial charge in [0.1, 0.15) is 5.75 Å². The predicted molar refractivity (Wildman–Crippen MR) is 93.7 cm³/mol. The van der Waals surface area contributed by atoms with Crippen molar-refractivity contribution in [3.05, 3.63) is 53.9 Å². The molecule has 1 rings (SSSR count). The van der Waals surface area contributed by atoms with Gasteiger partial charge in [-0.15, -0.1) is 0 Å². The molecule has 0 aliphatic heterocycles. The lowest BCUT2D eigenvalue weighted by Gasteiger charge is -2.10. The van der Waals surface area contributed by atoms with Crippen molar-refractivity contribution in [2.75, 3.05) is 7.11 Å². The zero-order valence-electron chi connectivity index (χ0n) is 14.5. The van der Waals surface area contributed by atoms with Crippen molar-refractivity contribution in [2.45, 2.75) is 47.5 Å². The Balaban J connectivity index is 0.000000433. The molecule has 0 aliphatic carbocycles. The molecule has 118 valence electrons. The fourth-order valence-electron chi connectivity index (χ4n) is 1.74. The Bertz CT molecular complexity index is 447. The minimum Gasteiger partial charge on any atom is -0.497 e. The number of hydrogen-bond donors (Lipinski definition) is 1. The largest absolute Gasteiger partial charge is 0.497 e. The minimum absolute atomic E-state index is 0.700. The van der Waals surface area contributed by atoms with Gasteiger partial charge in [-0.3, -0.25) is 0 Å². The summed E-state index contributed by atoms with van der Waals surface area (Å²) < 4.78 is 5.19. The third kappa shape index (κ3) is 8.96. The lowest BCUT2D eigenvalue weighted by Crippen LogP contribution is -2.00. The highest BCUT2D eigenvalue weighted by Gasteiger charge is 2.02. The van der Waals surface area contributed by atoms with Crippen LogP contribution in [0.5, 0.6) is 5.75 Å². The molecule has 1 aromatic carbocycles. The van der Waals surface area contributed by atoms with Gasteiger partial charge in [-0.25, -0.2) is 0 Å². The third-order valence-corrected chi connectivity index (χ3v) is 3.07. The molecule has 0 spiro atoms. The summed E-state index contributed by atoms with van der Waals surface area (Å²) in [7, 11) is 1.71. The summed E-state index contributed by atoms with van der Waals surface area (Å²) in [5.74, 6) is 1.66. The zero-order valence-corrected chi connectivity index (χ0v) is 14.5. The van der Waals surface area contributed by atoms with Gasteiger partial charge in [0.05, 0.1) is 7.11 Å². The molecule has 0 saturated carbocycles. The van der Waals surface area contributed by atoms with E-state index in [2.05, 4.69) is 51.7 Å².